The Bertz CT molecular complexity index is 1340. The topological polar surface area (TPSA) is 97.0 Å². The number of carbonyl (C=O) groups is 3. The largest absolute Gasteiger partial charge is 0.495 e. The van der Waals surface area contributed by atoms with Crippen molar-refractivity contribution in [3.63, 3.8) is 0 Å². The fourth-order valence-electron chi connectivity index (χ4n) is 3.43. The maximum absolute atomic E-state index is 12.8. The molecule has 1 saturated heterocycles. The first kappa shape index (κ1) is 25.5. The van der Waals surface area contributed by atoms with Gasteiger partial charge in [0, 0.05) is 5.02 Å². The SMILES string of the molecule is COc1ccccc1NC(=O)CN1C(=O)N/C(=C/c2ccc(OCc3ccc(Cl)cc3)c(I)c2)C1=O. The molecule has 1 aliphatic heterocycles. The summed E-state index contributed by atoms with van der Waals surface area (Å²) in [6, 6.07) is 19.0. The van der Waals surface area contributed by atoms with Gasteiger partial charge in [0.1, 0.15) is 30.3 Å². The number of halogens is 2. The average molecular weight is 618 g/mol. The van der Waals surface area contributed by atoms with E-state index >= 15 is 0 Å². The molecule has 2 N–H and O–H groups in total. The third-order valence-electron chi connectivity index (χ3n) is 5.22. The number of rotatable bonds is 8. The number of imide groups is 1. The molecule has 36 heavy (non-hydrogen) atoms. The highest BCUT2D eigenvalue weighted by Crippen LogP contribution is 2.26. The molecular formula is C26H21ClIN3O5. The van der Waals surface area contributed by atoms with Gasteiger partial charge in [0.15, 0.2) is 0 Å². The van der Waals surface area contributed by atoms with E-state index in [0.717, 1.165) is 14.0 Å². The Morgan fingerprint density at radius 2 is 1.83 bits per heavy atom. The van der Waals surface area contributed by atoms with E-state index in [1.54, 1.807) is 54.6 Å². The second-order valence-corrected chi connectivity index (χ2v) is 9.33. The van der Waals surface area contributed by atoms with Gasteiger partial charge in [-0.1, -0.05) is 41.9 Å². The normalized spacial score (nSPS) is 14.1. The number of ether oxygens (including phenoxy) is 2. The standard InChI is InChI=1S/C26H21ClIN3O5/c1-35-23-5-3-2-4-20(23)29-24(32)14-31-25(33)21(30-26(31)34)13-17-8-11-22(19(28)12-17)36-15-16-6-9-18(27)10-7-16/h2-13H,14-15H2,1H3,(H,29,32)(H,30,34)/b21-13+. The zero-order chi connectivity index (χ0) is 25.7. The molecule has 4 amide bonds. The number of carbonyl (C=O) groups excluding carboxylic acids is 3. The lowest BCUT2D eigenvalue weighted by Gasteiger charge is -2.13. The number of nitrogens with zero attached hydrogens (tertiary/aromatic N) is 1. The Kier molecular flexibility index (Phi) is 8.11. The molecule has 8 nitrogen and oxygen atoms in total. The summed E-state index contributed by atoms with van der Waals surface area (Å²) in [6.07, 6.45) is 1.56. The smallest absolute Gasteiger partial charge is 0.329 e. The highest BCUT2D eigenvalue weighted by atomic mass is 127. The highest BCUT2D eigenvalue weighted by Gasteiger charge is 2.35. The molecule has 0 aliphatic carbocycles. The number of anilines is 1. The lowest BCUT2D eigenvalue weighted by Crippen LogP contribution is -2.38. The highest BCUT2D eigenvalue weighted by molar-refractivity contribution is 14.1. The summed E-state index contributed by atoms with van der Waals surface area (Å²) in [7, 11) is 1.49. The number of urea groups is 1. The molecule has 0 bridgehead atoms. The van der Waals surface area contributed by atoms with Crippen LogP contribution in [-0.2, 0) is 16.2 Å². The number of nitrogens with one attached hydrogen (secondary N) is 2. The first-order valence-corrected chi connectivity index (χ1v) is 12.2. The Morgan fingerprint density at radius 1 is 1.08 bits per heavy atom. The van der Waals surface area contributed by atoms with E-state index in [1.165, 1.54) is 7.11 Å². The van der Waals surface area contributed by atoms with Crippen molar-refractivity contribution in [1.29, 1.82) is 0 Å². The summed E-state index contributed by atoms with van der Waals surface area (Å²) in [5.41, 5.74) is 2.20. The van der Waals surface area contributed by atoms with Crippen LogP contribution in [0.25, 0.3) is 6.08 Å². The third-order valence-corrected chi connectivity index (χ3v) is 6.31. The molecule has 4 rings (SSSR count). The predicted octanol–water partition coefficient (Wildman–Crippen LogP) is 5.06. The van der Waals surface area contributed by atoms with Gasteiger partial charge in [-0.3, -0.25) is 9.59 Å². The number of methoxy groups -OCH3 is 1. The summed E-state index contributed by atoms with van der Waals surface area (Å²) in [4.78, 5) is 38.5. The van der Waals surface area contributed by atoms with Crippen molar-refractivity contribution in [3.05, 3.63) is 92.1 Å². The Hall–Kier alpha value is -3.57. The summed E-state index contributed by atoms with van der Waals surface area (Å²) in [6.45, 7) is -0.0525. The summed E-state index contributed by atoms with van der Waals surface area (Å²) >= 11 is 8.06. The molecule has 1 aliphatic rings. The van der Waals surface area contributed by atoms with Gasteiger partial charge in [-0.25, -0.2) is 9.69 Å². The van der Waals surface area contributed by atoms with Crippen LogP contribution < -0.4 is 20.1 Å². The van der Waals surface area contributed by atoms with Crippen LogP contribution in [-0.4, -0.2) is 36.4 Å². The van der Waals surface area contributed by atoms with Crippen LogP contribution in [0.15, 0.2) is 72.4 Å². The van der Waals surface area contributed by atoms with Crippen LogP contribution in [0.5, 0.6) is 11.5 Å². The molecule has 0 radical (unpaired) electrons. The second kappa shape index (κ2) is 11.4. The zero-order valence-corrected chi connectivity index (χ0v) is 22.0. The van der Waals surface area contributed by atoms with Gasteiger partial charge in [0.2, 0.25) is 5.91 Å². The van der Waals surface area contributed by atoms with Gasteiger partial charge < -0.3 is 20.1 Å². The molecule has 1 fully saturated rings. The average Bonchev–Trinajstić information content (AvgIpc) is 3.12. The lowest BCUT2D eigenvalue weighted by atomic mass is 10.2. The zero-order valence-electron chi connectivity index (χ0n) is 19.1. The van der Waals surface area contributed by atoms with Crippen molar-refractivity contribution < 1.29 is 23.9 Å². The maximum atomic E-state index is 12.8. The van der Waals surface area contributed by atoms with Crippen molar-refractivity contribution in [2.75, 3.05) is 19.0 Å². The van der Waals surface area contributed by atoms with Gasteiger partial charge in [0.05, 0.1) is 16.4 Å². The summed E-state index contributed by atoms with van der Waals surface area (Å²) in [5.74, 6) is 0.0391. The van der Waals surface area contributed by atoms with E-state index in [9.17, 15) is 14.4 Å². The predicted molar refractivity (Wildman–Crippen MR) is 145 cm³/mol. The minimum absolute atomic E-state index is 0.0794. The van der Waals surface area contributed by atoms with E-state index in [2.05, 4.69) is 33.2 Å². The van der Waals surface area contributed by atoms with Crippen LogP contribution in [0.3, 0.4) is 0 Å². The second-order valence-electron chi connectivity index (χ2n) is 7.73. The van der Waals surface area contributed by atoms with Gasteiger partial charge in [-0.15, -0.1) is 0 Å². The van der Waals surface area contributed by atoms with Gasteiger partial charge in [0.25, 0.3) is 5.91 Å². The molecule has 0 unspecified atom stereocenters. The van der Waals surface area contributed by atoms with E-state index < -0.39 is 24.4 Å². The Balaban J connectivity index is 1.40. The van der Waals surface area contributed by atoms with E-state index in [4.69, 9.17) is 21.1 Å². The van der Waals surface area contributed by atoms with E-state index in [1.807, 2.05) is 18.2 Å². The van der Waals surface area contributed by atoms with Crippen LogP contribution in [0.2, 0.25) is 5.02 Å². The molecule has 0 spiro atoms. The summed E-state index contributed by atoms with van der Waals surface area (Å²) < 4.78 is 11.9. The van der Waals surface area contributed by atoms with Gasteiger partial charge in [-0.05, 0) is 76.2 Å². The molecule has 10 heteroatoms. The molecular weight excluding hydrogens is 597 g/mol. The molecule has 0 atom stereocenters. The van der Waals surface area contributed by atoms with Crippen LogP contribution in [0.4, 0.5) is 10.5 Å². The fourth-order valence-corrected chi connectivity index (χ4v) is 4.25. The minimum atomic E-state index is -0.668. The number of hydrogen-bond acceptors (Lipinski definition) is 5. The van der Waals surface area contributed by atoms with Crippen molar-refractivity contribution in [2.45, 2.75) is 6.61 Å². The van der Waals surface area contributed by atoms with Crippen LogP contribution in [0, 0.1) is 3.57 Å². The number of benzene rings is 3. The maximum Gasteiger partial charge on any atom is 0.329 e. The molecule has 0 aromatic heterocycles. The fraction of sp³-hybridized carbons (Fsp3) is 0.115. The Labute approximate surface area is 226 Å². The number of hydrogen-bond donors (Lipinski definition) is 2. The molecule has 3 aromatic carbocycles. The number of para-hydroxylation sites is 2. The number of amides is 4. The van der Waals surface area contributed by atoms with E-state index in [-0.39, 0.29) is 5.70 Å². The van der Waals surface area contributed by atoms with Gasteiger partial charge >= 0.3 is 6.03 Å². The van der Waals surface area contributed by atoms with Gasteiger partial charge in [-0.2, -0.15) is 0 Å². The molecule has 184 valence electrons. The molecule has 1 heterocycles. The third kappa shape index (κ3) is 6.16. The Morgan fingerprint density at radius 3 is 2.56 bits per heavy atom. The van der Waals surface area contributed by atoms with E-state index in [0.29, 0.717) is 34.4 Å². The van der Waals surface area contributed by atoms with Crippen LogP contribution >= 0.6 is 34.2 Å². The molecule has 3 aromatic rings. The van der Waals surface area contributed by atoms with Crippen molar-refractivity contribution in [3.8, 4) is 11.5 Å². The molecule has 0 saturated carbocycles. The van der Waals surface area contributed by atoms with Crippen molar-refractivity contribution in [2.24, 2.45) is 0 Å². The summed E-state index contributed by atoms with van der Waals surface area (Å²) in [5, 5.41) is 5.85. The monoisotopic (exact) mass is 617 g/mol. The first-order chi connectivity index (χ1) is 17.3. The quantitative estimate of drug-likeness (QED) is 0.209. The van der Waals surface area contributed by atoms with Crippen LogP contribution in [0.1, 0.15) is 11.1 Å². The minimum Gasteiger partial charge on any atom is -0.495 e. The lowest BCUT2D eigenvalue weighted by molar-refractivity contribution is -0.127. The van der Waals surface area contributed by atoms with Crippen molar-refractivity contribution in [1.82, 2.24) is 10.2 Å². The first-order valence-electron chi connectivity index (χ1n) is 10.8. The van der Waals surface area contributed by atoms with Crippen molar-refractivity contribution >= 4 is 63.8 Å².